The fourth-order valence-electron chi connectivity index (χ4n) is 2.76. The van der Waals surface area contributed by atoms with E-state index in [9.17, 15) is 22.8 Å². The van der Waals surface area contributed by atoms with Gasteiger partial charge in [-0.15, -0.1) is 0 Å². The summed E-state index contributed by atoms with van der Waals surface area (Å²) in [6.07, 6.45) is -4.50. The molecule has 166 valence electrons. The first-order valence-corrected chi connectivity index (χ1v) is 9.40. The lowest BCUT2D eigenvalue weighted by Crippen LogP contribution is -2.20. The Morgan fingerprint density at radius 3 is 2.19 bits per heavy atom. The van der Waals surface area contributed by atoms with Gasteiger partial charge in [0.05, 0.1) is 12.7 Å². The number of carbonyl (C=O) groups is 2. The van der Waals surface area contributed by atoms with Crippen LogP contribution in [-0.2, 0) is 11.0 Å². The molecule has 0 saturated heterocycles. The largest absolute Gasteiger partial charge is 0.493 e. The molecule has 9 heteroatoms. The zero-order valence-corrected chi connectivity index (χ0v) is 16.9. The van der Waals surface area contributed by atoms with E-state index >= 15 is 0 Å². The van der Waals surface area contributed by atoms with Gasteiger partial charge in [-0.05, 0) is 54.6 Å². The van der Waals surface area contributed by atoms with Crippen molar-refractivity contribution in [3.05, 3.63) is 83.9 Å². The number of hydrogen-bond acceptors (Lipinski definition) is 4. The molecule has 0 unspecified atom stereocenters. The zero-order chi connectivity index (χ0) is 23.1. The van der Waals surface area contributed by atoms with E-state index in [1.165, 1.54) is 43.5 Å². The summed E-state index contributed by atoms with van der Waals surface area (Å²) >= 11 is 0. The van der Waals surface area contributed by atoms with E-state index in [-0.39, 0.29) is 17.9 Å². The number of carbonyl (C=O) groups excluding carboxylic acids is 2. The monoisotopic (exact) mass is 444 g/mol. The second-order valence-electron chi connectivity index (χ2n) is 6.60. The van der Waals surface area contributed by atoms with Gasteiger partial charge in [0.25, 0.3) is 11.8 Å². The first-order valence-electron chi connectivity index (χ1n) is 9.40. The quantitative estimate of drug-likeness (QED) is 0.539. The van der Waals surface area contributed by atoms with Gasteiger partial charge in [-0.1, -0.05) is 18.2 Å². The molecule has 3 aromatic carbocycles. The molecule has 0 aliphatic rings. The van der Waals surface area contributed by atoms with E-state index in [1.54, 1.807) is 24.3 Å². The summed E-state index contributed by atoms with van der Waals surface area (Å²) in [4.78, 5) is 24.4. The maximum atomic E-state index is 12.8. The lowest BCUT2D eigenvalue weighted by Gasteiger charge is -2.11. The van der Waals surface area contributed by atoms with Gasteiger partial charge in [0.1, 0.15) is 0 Å². The van der Waals surface area contributed by atoms with Gasteiger partial charge in [0.2, 0.25) is 0 Å². The Hall–Kier alpha value is -4.01. The number of benzene rings is 3. The van der Waals surface area contributed by atoms with Crippen LogP contribution in [0.5, 0.6) is 11.5 Å². The minimum Gasteiger partial charge on any atom is -0.493 e. The summed E-state index contributed by atoms with van der Waals surface area (Å²) in [5.74, 6) is -0.0815. The van der Waals surface area contributed by atoms with E-state index in [4.69, 9.17) is 9.47 Å². The third-order valence-corrected chi connectivity index (χ3v) is 4.31. The molecular formula is C23H19F3N2O4. The highest BCUT2D eigenvalue weighted by molar-refractivity contribution is 6.04. The maximum absolute atomic E-state index is 12.8. The molecule has 6 nitrogen and oxygen atoms in total. The molecule has 0 heterocycles. The van der Waals surface area contributed by atoms with Crippen molar-refractivity contribution < 1.29 is 32.2 Å². The minimum absolute atomic E-state index is 0.0238. The number of hydrogen-bond donors (Lipinski definition) is 2. The molecule has 0 atom stereocenters. The van der Waals surface area contributed by atoms with Crippen LogP contribution in [0.25, 0.3) is 0 Å². The van der Waals surface area contributed by atoms with Crippen LogP contribution >= 0.6 is 0 Å². The molecule has 0 bridgehead atoms. The minimum atomic E-state index is -4.50. The Labute approximate surface area is 182 Å². The molecule has 3 aromatic rings. The van der Waals surface area contributed by atoms with E-state index in [0.717, 1.165) is 12.1 Å². The molecule has 0 saturated carbocycles. The molecule has 0 spiro atoms. The molecular weight excluding hydrogens is 425 g/mol. The fourth-order valence-corrected chi connectivity index (χ4v) is 2.76. The summed E-state index contributed by atoms with van der Waals surface area (Å²) in [7, 11) is 1.49. The second-order valence-corrected chi connectivity index (χ2v) is 6.60. The number of alkyl halides is 3. The molecule has 0 fully saturated rings. The molecule has 2 amide bonds. The SMILES string of the molecule is COc1ccccc1OCC(=O)Nc1ccc(C(=O)Nc2cccc(C(F)(F)F)c2)cc1. The highest BCUT2D eigenvalue weighted by Gasteiger charge is 2.30. The zero-order valence-electron chi connectivity index (χ0n) is 16.9. The van der Waals surface area contributed by atoms with E-state index in [0.29, 0.717) is 17.2 Å². The lowest BCUT2D eigenvalue weighted by atomic mass is 10.1. The summed E-state index contributed by atoms with van der Waals surface area (Å²) in [6, 6.07) is 17.1. The van der Waals surface area contributed by atoms with Crippen molar-refractivity contribution in [2.75, 3.05) is 24.4 Å². The Kier molecular flexibility index (Phi) is 6.99. The number of ether oxygens (including phenoxy) is 2. The first kappa shape index (κ1) is 22.7. The highest BCUT2D eigenvalue weighted by Crippen LogP contribution is 2.30. The summed E-state index contributed by atoms with van der Waals surface area (Å²) in [6.45, 7) is -0.252. The van der Waals surface area contributed by atoms with Gasteiger partial charge in [-0.2, -0.15) is 13.2 Å². The third kappa shape index (κ3) is 6.00. The van der Waals surface area contributed by atoms with Gasteiger partial charge in [0, 0.05) is 16.9 Å². The van der Waals surface area contributed by atoms with Crippen LogP contribution < -0.4 is 20.1 Å². The molecule has 0 radical (unpaired) electrons. The first-order chi connectivity index (χ1) is 15.3. The summed E-state index contributed by atoms with van der Waals surface area (Å²) in [5.41, 5.74) is -0.195. The smallest absolute Gasteiger partial charge is 0.416 e. The number of methoxy groups -OCH3 is 1. The highest BCUT2D eigenvalue weighted by atomic mass is 19.4. The number of para-hydroxylation sites is 2. The third-order valence-electron chi connectivity index (χ3n) is 4.31. The van der Waals surface area contributed by atoms with Crippen LogP contribution in [0.15, 0.2) is 72.8 Å². The van der Waals surface area contributed by atoms with Gasteiger partial charge in [-0.3, -0.25) is 9.59 Å². The topological polar surface area (TPSA) is 76.7 Å². The normalized spacial score (nSPS) is 10.9. The van der Waals surface area contributed by atoms with Crippen molar-refractivity contribution in [1.29, 1.82) is 0 Å². The van der Waals surface area contributed by atoms with Crippen molar-refractivity contribution >= 4 is 23.2 Å². The van der Waals surface area contributed by atoms with Crippen LogP contribution in [0.2, 0.25) is 0 Å². The Bertz CT molecular complexity index is 1100. The number of amides is 2. The van der Waals surface area contributed by atoms with Crippen molar-refractivity contribution in [3.63, 3.8) is 0 Å². The van der Waals surface area contributed by atoms with Crippen molar-refractivity contribution in [2.24, 2.45) is 0 Å². The van der Waals surface area contributed by atoms with Crippen LogP contribution in [0.3, 0.4) is 0 Å². The Morgan fingerprint density at radius 1 is 0.844 bits per heavy atom. The summed E-state index contributed by atoms with van der Waals surface area (Å²) in [5, 5.41) is 5.05. The maximum Gasteiger partial charge on any atom is 0.416 e. The molecule has 3 rings (SSSR count). The molecule has 32 heavy (non-hydrogen) atoms. The fraction of sp³-hybridized carbons (Fsp3) is 0.130. The number of anilines is 2. The number of halogens is 3. The van der Waals surface area contributed by atoms with Crippen LogP contribution in [0.1, 0.15) is 15.9 Å². The van der Waals surface area contributed by atoms with Gasteiger partial charge >= 0.3 is 6.18 Å². The van der Waals surface area contributed by atoms with E-state index < -0.39 is 23.6 Å². The Morgan fingerprint density at radius 2 is 1.53 bits per heavy atom. The summed E-state index contributed by atoms with van der Waals surface area (Å²) < 4.78 is 49.0. The van der Waals surface area contributed by atoms with E-state index in [1.807, 2.05) is 0 Å². The van der Waals surface area contributed by atoms with Crippen LogP contribution in [0.4, 0.5) is 24.5 Å². The Balaban J connectivity index is 1.56. The van der Waals surface area contributed by atoms with Crippen molar-refractivity contribution in [3.8, 4) is 11.5 Å². The van der Waals surface area contributed by atoms with E-state index in [2.05, 4.69) is 10.6 Å². The van der Waals surface area contributed by atoms with Crippen LogP contribution in [-0.4, -0.2) is 25.5 Å². The number of nitrogens with one attached hydrogen (secondary N) is 2. The van der Waals surface area contributed by atoms with Crippen molar-refractivity contribution in [2.45, 2.75) is 6.18 Å². The molecule has 0 aliphatic carbocycles. The van der Waals surface area contributed by atoms with Crippen molar-refractivity contribution in [1.82, 2.24) is 0 Å². The lowest BCUT2D eigenvalue weighted by molar-refractivity contribution is -0.137. The predicted octanol–water partition coefficient (Wildman–Crippen LogP) is 4.98. The number of rotatable bonds is 7. The standard InChI is InChI=1S/C23H19F3N2O4/c1-31-19-7-2-3-8-20(19)32-14-21(29)27-17-11-9-15(10-12-17)22(30)28-18-6-4-5-16(13-18)23(24,25)26/h2-13H,14H2,1H3,(H,27,29)(H,28,30). The van der Waals surface area contributed by atoms with Gasteiger partial charge < -0.3 is 20.1 Å². The average Bonchev–Trinajstić information content (AvgIpc) is 2.78. The molecule has 2 N–H and O–H groups in total. The molecule has 0 aliphatic heterocycles. The molecule has 0 aromatic heterocycles. The van der Waals surface area contributed by atoms with Gasteiger partial charge in [-0.25, -0.2) is 0 Å². The van der Waals surface area contributed by atoms with Crippen LogP contribution in [0, 0.1) is 0 Å². The average molecular weight is 444 g/mol. The second kappa shape index (κ2) is 9.86. The van der Waals surface area contributed by atoms with Gasteiger partial charge in [0.15, 0.2) is 18.1 Å². The predicted molar refractivity (Wildman–Crippen MR) is 113 cm³/mol.